The molecule has 0 aliphatic carbocycles. The van der Waals surface area contributed by atoms with E-state index in [-0.39, 0.29) is 6.42 Å². The van der Waals surface area contributed by atoms with E-state index < -0.39 is 11.6 Å². The second-order valence-corrected chi connectivity index (χ2v) is 10.9. The predicted octanol–water partition coefficient (Wildman–Crippen LogP) is 10.3. The number of ether oxygens (including phenoxy) is 1. The normalized spacial score (nSPS) is 12.7. The fourth-order valence-corrected chi connectivity index (χ4v) is 4.88. The smallest absolute Gasteiger partial charge is 0.348 e. The van der Waals surface area contributed by atoms with Crippen molar-refractivity contribution in [3.05, 3.63) is 72.4 Å². The summed E-state index contributed by atoms with van der Waals surface area (Å²) in [6.07, 6.45) is 15.8. The summed E-state index contributed by atoms with van der Waals surface area (Å²) in [4.78, 5) is 17.3. The lowest BCUT2D eigenvalue weighted by Gasteiger charge is -2.18. The number of benzene rings is 2. The number of unbranched alkanes of at least 4 members (excludes halogenated alkanes) is 9. The first-order valence-corrected chi connectivity index (χ1v) is 15.0. The summed E-state index contributed by atoms with van der Waals surface area (Å²) in [6, 6.07) is 19.7. The highest BCUT2D eigenvalue weighted by atomic mass is 19.1. The summed E-state index contributed by atoms with van der Waals surface area (Å²) in [5.41, 5.74) is 3.30. The van der Waals surface area contributed by atoms with Crippen LogP contribution in [-0.2, 0) is 11.2 Å². The molecule has 4 heteroatoms. The van der Waals surface area contributed by atoms with E-state index in [1.54, 1.807) is 12.1 Å². The first kappa shape index (κ1) is 30.5. The van der Waals surface area contributed by atoms with Gasteiger partial charge in [-0.05, 0) is 67.5 Å². The van der Waals surface area contributed by atoms with Crippen molar-refractivity contribution < 1.29 is 13.9 Å². The Hall–Kier alpha value is -3.01. The van der Waals surface area contributed by atoms with Gasteiger partial charge in [-0.1, -0.05) is 114 Å². The molecule has 0 aliphatic heterocycles. The van der Waals surface area contributed by atoms with E-state index >= 15 is 4.39 Å². The maximum absolute atomic E-state index is 15.0. The van der Waals surface area contributed by atoms with Gasteiger partial charge in [0.25, 0.3) is 0 Å². The number of esters is 1. The summed E-state index contributed by atoms with van der Waals surface area (Å²) < 4.78 is 20.5. The molecular weight excluding hydrogens is 485 g/mol. The van der Waals surface area contributed by atoms with Crippen molar-refractivity contribution >= 4 is 5.97 Å². The number of hydrogen-bond acceptors (Lipinski definition) is 3. The van der Waals surface area contributed by atoms with Gasteiger partial charge >= 0.3 is 5.97 Å². The van der Waals surface area contributed by atoms with Crippen LogP contribution < -0.4 is 4.74 Å². The second-order valence-electron chi connectivity index (χ2n) is 10.9. The van der Waals surface area contributed by atoms with E-state index in [1.165, 1.54) is 63.9 Å². The molecule has 1 atom stereocenters. The molecule has 2 aromatic carbocycles. The SMILES string of the molecule is CCCCCCCCCC(C)(F)C(=O)Oc1ccc(-c2ccccc2-c2ccc(CCCCCC)cn2)cc1. The molecule has 0 radical (unpaired) electrons. The Morgan fingerprint density at radius 3 is 2.03 bits per heavy atom. The van der Waals surface area contributed by atoms with Crippen LogP contribution in [0.2, 0.25) is 0 Å². The number of halogens is 1. The molecule has 1 aromatic heterocycles. The monoisotopic (exact) mass is 531 g/mol. The second kappa shape index (κ2) is 16.2. The minimum absolute atomic E-state index is 0.190. The van der Waals surface area contributed by atoms with Crippen LogP contribution in [0.1, 0.15) is 103 Å². The zero-order valence-corrected chi connectivity index (χ0v) is 24.2. The predicted molar refractivity (Wildman–Crippen MR) is 161 cm³/mol. The highest BCUT2D eigenvalue weighted by Gasteiger charge is 2.34. The van der Waals surface area contributed by atoms with Crippen molar-refractivity contribution in [2.75, 3.05) is 0 Å². The van der Waals surface area contributed by atoms with Gasteiger partial charge in [-0.25, -0.2) is 9.18 Å². The van der Waals surface area contributed by atoms with Crippen molar-refractivity contribution in [1.82, 2.24) is 4.98 Å². The van der Waals surface area contributed by atoms with E-state index in [2.05, 4.69) is 38.1 Å². The number of carbonyl (C=O) groups excluding carboxylic acids is 1. The van der Waals surface area contributed by atoms with Crippen LogP contribution >= 0.6 is 0 Å². The fraction of sp³-hybridized carbons (Fsp3) is 0.486. The molecule has 1 heterocycles. The van der Waals surface area contributed by atoms with Crippen LogP contribution in [0, 0.1) is 0 Å². The van der Waals surface area contributed by atoms with Gasteiger partial charge in [0, 0.05) is 11.8 Å². The lowest BCUT2D eigenvalue weighted by atomic mass is 9.96. The lowest BCUT2D eigenvalue weighted by Crippen LogP contribution is -2.34. The largest absolute Gasteiger partial charge is 0.424 e. The van der Waals surface area contributed by atoms with Crippen molar-refractivity contribution in [3.63, 3.8) is 0 Å². The topological polar surface area (TPSA) is 39.2 Å². The maximum Gasteiger partial charge on any atom is 0.348 e. The standard InChI is InChI=1S/C35H46FNO2/c1-4-6-8-10-11-12-16-26-35(3,36)34(38)39-30-23-21-29(22-24-30)31-18-14-15-19-32(31)33-25-20-28(27-37-33)17-13-9-7-5-2/h14-15,18-25,27H,4-13,16-17,26H2,1-3H3. The number of nitrogens with zero attached hydrogens (tertiary/aromatic N) is 1. The Morgan fingerprint density at radius 1 is 0.769 bits per heavy atom. The Kier molecular flexibility index (Phi) is 12.7. The lowest BCUT2D eigenvalue weighted by molar-refractivity contribution is -0.147. The molecule has 3 nitrogen and oxygen atoms in total. The number of rotatable bonds is 17. The maximum atomic E-state index is 15.0. The van der Waals surface area contributed by atoms with E-state index in [4.69, 9.17) is 9.72 Å². The fourth-order valence-electron chi connectivity index (χ4n) is 4.88. The molecule has 3 rings (SSSR count). The Labute approximate surface area is 235 Å². The van der Waals surface area contributed by atoms with E-state index in [9.17, 15) is 4.79 Å². The number of aryl methyl sites for hydroxylation is 1. The van der Waals surface area contributed by atoms with Crippen molar-refractivity contribution in [3.8, 4) is 28.1 Å². The highest BCUT2D eigenvalue weighted by molar-refractivity contribution is 5.83. The van der Waals surface area contributed by atoms with Crippen LogP contribution in [0.5, 0.6) is 5.75 Å². The molecular formula is C35H46FNO2. The first-order chi connectivity index (χ1) is 18.9. The number of hydrogen-bond donors (Lipinski definition) is 0. The molecule has 210 valence electrons. The zero-order chi connectivity index (χ0) is 27.9. The minimum atomic E-state index is -1.98. The van der Waals surface area contributed by atoms with Crippen LogP contribution in [0.4, 0.5) is 4.39 Å². The third-order valence-electron chi connectivity index (χ3n) is 7.40. The van der Waals surface area contributed by atoms with E-state index in [1.807, 2.05) is 30.5 Å². The number of pyridine rings is 1. The summed E-state index contributed by atoms with van der Waals surface area (Å²) in [5.74, 6) is -0.462. The average molecular weight is 532 g/mol. The minimum Gasteiger partial charge on any atom is -0.424 e. The quantitative estimate of drug-likeness (QED) is 0.0988. The van der Waals surface area contributed by atoms with Crippen molar-refractivity contribution in [2.45, 2.75) is 110 Å². The molecule has 1 unspecified atom stereocenters. The van der Waals surface area contributed by atoms with Gasteiger partial charge in [0.05, 0.1) is 5.69 Å². The van der Waals surface area contributed by atoms with Gasteiger partial charge in [0.15, 0.2) is 0 Å². The summed E-state index contributed by atoms with van der Waals surface area (Å²) in [7, 11) is 0. The Bertz CT molecular complexity index is 1120. The van der Waals surface area contributed by atoms with Crippen LogP contribution in [0.15, 0.2) is 66.9 Å². The molecule has 0 saturated carbocycles. The van der Waals surface area contributed by atoms with E-state index in [0.29, 0.717) is 12.2 Å². The molecule has 0 fully saturated rings. The molecule has 0 bridgehead atoms. The number of aromatic nitrogens is 1. The molecule has 0 spiro atoms. The molecule has 0 N–H and O–H groups in total. The highest BCUT2D eigenvalue weighted by Crippen LogP contribution is 2.32. The Balaban J connectivity index is 1.58. The zero-order valence-electron chi connectivity index (χ0n) is 24.2. The average Bonchev–Trinajstić information content (AvgIpc) is 2.95. The van der Waals surface area contributed by atoms with Gasteiger partial charge in [-0.3, -0.25) is 4.98 Å². The number of carbonyl (C=O) groups is 1. The van der Waals surface area contributed by atoms with Crippen LogP contribution in [0.25, 0.3) is 22.4 Å². The molecule has 0 aliphatic rings. The van der Waals surface area contributed by atoms with Gasteiger partial charge in [0.2, 0.25) is 5.67 Å². The van der Waals surface area contributed by atoms with Gasteiger partial charge < -0.3 is 4.74 Å². The van der Waals surface area contributed by atoms with Crippen LogP contribution in [0.3, 0.4) is 0 Å². The van der Waals surface area contributed by atoms with Gasteiger partial charge in [-0.15, -0.1) is 0 Å². The van der Waals surface area contributed by atoms with Gasteiger partial charge in [0.1, 0.15) is 5.75 Å². The third kappa shape index (κ3) is 9.91. The van der Waals surface area contributed by atoms with E-state index in [0.717, 1.165) is 41.6 Å². The first-order valence-electron chi connectivity index (χ1n) is 15.0. The molecule has 0 amide bonds. The third-order valence-corrected chi connectivity index (χ3v) is 7.40. The van der Waals surface area contributed by atoms with Crippen molar-refractivity contribution in [1.29, 1.82) is 0 Å². The Morgan fingerprint density at radius 2 is 1.38 bits per heavy atom. The summed E-state index contributed by atoms with van der Waals surface area (Å²) in [6.45, 7) is 5.76. The molecule has 39 heavy (non-hydrogen) atoms. The number of alkyl halides is 1. The summed E-state index contributed by atoms with van der Waals surface area (Å²) >= 11 is 0. The van der Waals surface area contributed by atoms with Gasteiger partial charge in [-0.2, -0.15) is 0 Å². The van der Waals surface area contributed by atoms with Crippen molar-refractivity contribution in [2.24, 2.45) is 0 Å². The molecule has 0 saturated heterocycles. The van der Waals surface area contributed by atoms with Crippen LogP contribution in [-0.4, -0.2) is 16.6 Å². The summed E-state index contributed by atoms with van der Waals surface area (Å²) in [5, 5.41) is 0. The molecule has 3 aromatic rings.